The Hall–Kier alpha value is -3.15. The minimum atomic E-state index is -0.699. The number of amides is 1. The fraction of sp³-hybridized carbons (Fsp3) is 0.250. The molecular weight excluding hydrogens is 330 g/mol. The van der Waals surface area contributed by atoms with Crippen molar-refractivity contribution in [1.82, 2.24) is 4.90 Å². The third kappa shape index (κ3) is 3.18. The molecule has 1 unspecified atom stereocenters. The molecule has 1 amide bonds. The number of nitrogens with zero attached hydrogens (tertiary/aromatic N) is 2. The number of carbonyl (C=O) groups excluding carboxylic acids is 2. The predicted octanol–water partition coefficient (Wildman–Crippen LogP) is 2.53. The lowest BCUT2D eigenvalue weighted by atomic mass is 9.86. The van der Waals surface area contributed by atoms with E-state index in [1.165, 1.54) is 12.0 Å². The van der Waals surface area contributed by atoms with Crippen molar-refractivity contribution in [2.45, 2.75) is 18.9 Å². The molecule has 0 aromatic heterocycles. The van der Waals surface area contributed by atoms with Gasteiger partial charge < -0.3 is 10.5 Å². The van der Waals surface area contributed by atoms with E-state index in [2.05, 4.69) is 4.99 Å². The Morgan fingerprint density at radius 2 is 1.88 bits per heavy atom. The molecule has 2 aromatic carbocycles. The lowest BCUT2D eigenvalue weighted by Crippen LogP contribution is -2.47. The van der Waals surface area contributed by atoms with Crippen LogP contribution in [0.2, 0.25) is 0 Å². The second kappa shape index (κ2) is 6.63. The molecule has 6 heteroatoms. The van der Waals surface area contributed by atoms with Gasteiger partial charge in [0.1, 0.15) is 0 Å². The SMILES string of the molecule is COC(=O)c1ccc(-c2cccc(C3(C)CC(=O)N(C)C(N)=N3)c2)cc1. The number of carbonyl (C=O) groups is 2. The first-order valence-electron chi connectivity index (χ1n) is 8.25. The zero-order valence-electron chi connectivity index (χ0n) is 15.0. The van der Waals surface area contributed by atoms with Crippen molar-refractivity contribution in [1.29, 1.82) is 0 Å². The van der Waals surface area contributed by atoms with Crippen molar-refractivity contribution in [2.75, 3.05) is 14.2 Å². The van der Waals surface area contributed by atoms with Gasteiger partial charge in [-0.25, -0.2) is 9.79 Å². The maximum Gasteiger partial charge on any atom is 0.337 e. The average molecular weight is 351 g/mol. The minimum absolute atomic E-state index is 0.0622. The molecule has 134 valence electrons. The second-order valence-corrected chi connectivity index (χ2v) is 6.52. The lowest BCUT2D eigenvalue weighted by molar-refractivity contribution is -0.128. The van der Waals surface area contributed by atoms with Gasteiger partial charge in [-0.05, 0) is 41.8 Å². The molecule has 1 aliphatic rings. The lowest BCUT2D eigenvalue weighted by Gasteiger charge is -2.33. The normalized spacial score (nSPS) is 19.9. The van der Waals surface area contributed by atoms with Crippen LogP contribution in [0.3, 0.4) is 0 Å². The highest BCUT2D eigenvalue weighted by Gasteiger charge is 2.36. The van der Waals surface area contributed by atoms with Crippen LogP contribution in [-0.4, -0.2) is 36.9 Å². The molecule has 0 bridgehead atoms. The second-order valence-electron chi connectivity index (χ2n) is 6.52. The Morgan fingerprint density at radius 1 is 1.19 bits per heavy atom. The van der Waals surface area contributed by atoms with Crippen LogP contribution in [0, 0.1) is 0 Å². The maximum absolute atomic E-state index is 12.2. The molecule has 0 aliphatic carbocycles. The number of methoxy groups -OCH3 is 1. The van der Waals surface area contributed by atoms with E-state index in [-0.39, 0.29) is 24.3 Å². The number of guanidine groups is 1. The minimum Gasteiger partial charge on any atom is -0.465 e. The van der Waals surface area contributed by atoms with Gasteiger partial charge in [-0.1, -0.05) is 30.3 Å². The third-order valence-corrected chi connectivity index (χ3v) is 4.70. The van der Waals surface area contributed by atoms with Crippen LogP contribution < -0.4 is 5.73 Å². The first-order chi connectivity index (χ1) is 12.3. The van der Waals surface area contributed by atoms with E-state index in [1.807, 2.05) is 43.3 Å². The number of hydrogen-bond acceptors (Lipinski definition) is 5. The number of rotatable bonds is 3. The molecule has 6 nitrogen and oxygen atoms in total. The molecule has 26 heavy (non-hydrogen) atoms. The number of benzene rings is 2. The quantitative estimate of drug-likeness (QED) is 0.861. The van der Waals surface area contributed by atoms with Crippen molar-refractivity contribution < 1.29 is 14.3 Å². The van der Waals surface area contributed by atoms with Crippen LogP contribution in [0.4, 0.5) is 0 Å². The van der Waals surface area contributed by atoms with Gasteiger partial charge in [0.05, 0.1) is 24.6 Å². The van der Waals surface area contributed by atoms with E-state index in [0.717, 1.165) is 16.7 Å². The molecule has 2 N–H and O–H groups in total. The van der Waals surface area contributed by atoms with Crippen LogP contribution in [0.1, 0.15) is 29.3 Å². The Labute approximate surface area is 152 Å². The molecule has 0 radical (unpaired) electrons. The van der Waals surface area contributed by atoms with Crippen LogP contribution in [0.25, 0.3) is 11.1 Å². The average Bonchev–Trinajstić information content (AvgIpc) is 2.65. The molecular formula is C20H21N3O3. The van der Waals surface area contributed by atoms with Crippen LogP contribution in [-0.2, 0) is 15.1 Å². The zero-order chi connectivity index (χ0) is 18.9. The highest BCUT2D eigenvalue weighted by Crippen LogP contribution is 2.35. The van der Waals surface area contributed by atoms with Crippen LogP contribution in [0.5, 0.6) is 0 Å². The van der Waals surface area contributed by atoms with Gasteiger partial charge >= 0.3 is 5.97 Å². The summed E-state index contributed by atoms with van der Waals surface area (Å²) in [7, 11) is 2.98. The Kier molecular flexibility index (Phi) is 4.50. The molecule has 1 heterocycles. The maximum atomic E-state index is 12.2. The summed E-state index contributed by atoms with van der Waals surface area (Å²) in [5, 5.41) is 0. The van der Waals surface area contributed by atoms with Gasteiger partial charge in [0.15, 0.2) is 5.96 Å². The van der Waals surface area contributed by atoms with E-state index < -0.39 is 5.54 Å². The van der Waals surface area contributed by atoms with Gasteiger partial charge in [0.2, 0.25) is 5.91 Å². The standard InChI is InChI=1S/C20H21N3O3/c1-20(12-17(24)23(2)19(21)22-20)16-6-4-5-15(11-16)13-7-9-14(10-8-13)18(25)26-3/h4-11H,12H2,1-3H3,(H2,21,22). The highest BCUT2D eigenvalue weighted by atomic mass is 16.5. The van der Waals surface area contributed by atoms with Gasteiger partial charge in [0, 0.05) is 7.05 Å². The molecule has 0 saturated carbocycles. The van der Waals surface area contributed by atoms with Crippen LogP contribution >= 0.6 is 0 Å². The largest absolute Gasteiger partial charge is 0.465 e. The Balaban J connectivity index is 1.96. The summed E-state index contributed by atoms with van der Waals surface area (Å²) in [6.45, 7) is 1.91. The van der Waals surface area contributed by atoms with Crippen molar-refractivity contribution in [3.8, 4) is 11.1 Å². The summed E-state index contributed by atoms with van der Waals surface area (Å²) in [5.74, 6) is -0.211. The number of ether oxygens (including phenoxy) is 1. The van der Waals surface area contributed by atoms with Crippen molar-refractivity contribution in [2.24, 2.45) is 10.7 Å². The summed E-state index contributed by atoms with van der Waals surface area (Å²) < 4.78 is 4.72. The summed E-state index contributed by atoms with van der Waals surface area (Å²) in [6, 6.07) is 15.0. The fourth-order valence-electron chi connectivity index (χ4n) is 3.03. The summed E-state index contributed by atoms with van der Waals surface area (Å²) in [4.78, 5) is 29.7. The van der Waals surface area contributed by atoms with Crippen molar-refractivity contribution in [3.05, 3.63) is 59.7 Å². The summed E-state index contributed by atoms with van der Waals surface area (Å²) in [6.07, 6.45) is 0.259. The summed E-state index contributed by atoms with van der Waals surface area (Å²) in [5.41, 5.74) is 8.54. The molecule has 0 spiro atoms. The first-order valence-corrected chi connectivity index (χ1v) is 8.25. The molecule has 0 saturated heterocycles. The van der Waals surface area contributed by atoms with Gasteiger partial charge in [-0.2, -0.15) is 0 Å². The predicted molar refractivity (Wildman–Crippen MR) is 99.6 cm³/mol. The zero-order valence-corrected chi connectivity index (χ0v) is 15.0. The van der Waals surface area contributed by atoms with E-state index in [4.69, 9.17) is 10.5 Å². The number of aliphatic imine (C=N–C) groups is 1. The summed E-state index contributed by atoms with van der Waals surface area (Å²) >= 11 is 0. The molecule has 2 aromatic rings. The first kappa shape index (κ1) is 17.7. The number of nitrogens with two attached hydrogens (primary N) is 1. The van der Waals surface area contributed by atoms with Crippen molar-refractivity contribution >= 4 is 17.8 Å². The van der Waals surface area contributed by atoms with Crippen LogP contribution in [0.15, 0.2) is 53.5 Å². The van der Waals surface area contributed by atoms with Gasteiger partial charge in [-0.3, -0.25) is 9.69 Å². The Bertz CT molecular complexity index is 889. The number of esters is 1. The molecule has 1 atom stereocenters. The molecule has 1 aliphatic heterocycles. The molecule has 0 fully saturated rings. The van der Waals surface area contributed by atoms with E-state index in [0.29, 0.717) is 5.56 Å². The number of hydrogen-bond donors (Lipinski definition) is 1. The van der Waals surface area contributed by atoms with E-state index >= 15 is 0 Å². The fourth-order valence-corrected chi connectivity index (χ4v) is 3.03. The third-order valence-electron chi connectivity index (χ3n) is 4.70. The monoisotopic (exact) mass is 351 g/mol. The highest BCUT2D eigenvalue weighted by molar-refractivity contribution is 5.98. The Morgan fingerprint density at radius 3 is 2.50 bits per heavy atom. The van der Waals surface area contributed by atoms with E-state index in [1.54, 1.807) is 19.2 Å². The van der Waals surface area contributed by atoms with E-state index in [9.17, 15) is 9.59 Å². The van der Waals surface area contributed by atoms with Gasteiger partial charge in [0.25, 0.3) is 0 Å². The van der Waals surface area contributed by atoms with Crippen molar-refractivity contribution in [3.63, 3.8) is 0 Å². The smallest absolute Gasteiger partial charge is 0.337 e. The molecule has 3 rings (SSSR count). The topological polar surface area (TPSA) is 85.0 Å². The van der Waals surface area contributed by atoms with Gasteiger partial charge in [-0.15, -0.1) is 0 Å².